The Morgan fingerprint density at radius 3 is 2.73 bits per heavy atom. The van der Waals surface area contributed by atoms with Crippen molar-refractivity contribution >= 4 is 0 Å². The van der Waals surface area contributed by atoms with Crippen molar-refractivity contribution in [1.29, 1.82) is 0 Å². The molecular weight excluding hydrogens is 188 g/mol. The van der Waals surface area contributed by atoms with Crippen LogP contribution in [0.25, 0.3) is 0 Å². The van der Waals surface area contributed by atoms with Gasteiger partial charge in [0, 0.05) is 24.9 Å². The summed E-state index contributed by atoms with van der Waals surface area (Å²) in [5.74, 6) is 0. The topological polar surface area (TPSA) is 38.0 Å². The van der Waals surface area contributed by atoms with Gasteiger partial charge in [0.15, 0.2) is 0 Å². The van der Waals surface area contributed by atoms with Gasteiger partial charge in [-0.05, 0) is 5.56 Å². The molecule has 0 bridgehead atoms. The van der Waals surface area contributed by atoms with Crippen LogP contribution in [-0.2, 0) is 13.0 Å². The minimum Gasteiger partial charge on any atom is -0.395 e. The Balaban J connectivity index is 2.14. The zero-order valence-corrected chi connectivity index (χ0v) is 8.50. The summed E-state index contributed by atoms with van der Waals surface area (Å²) in [6.45, 7) is 0.764. The third-order valence-corrected chi connectivity index (χ3v) is 2.37. The summed E-state index contributed by atoms with van der Waals surface area (Å²) in [5.41, 5.74) is 2.40. The fourth-order valence-corrected chi connectivity index (χ4v) is 1.61. The molecule has 1 heterocycles. The van der Waals surface area contributed by atoms with Crippen LogP contribution < -0.4 is 0 Å². The quantitative estimate of drug-likeness (QED) is 0.815. The number of nitrogens with zero attached hydrogens (tertiary/aromatic N) is 2. The maximum Gasteiger partial charge on any atom is 0.0949 e. The highest BCUT2D eigenvalue weighted by atomic mass is 16.3. The van der Waals surface area contributed by atoms with Gasteiger partial charge >= 0.3 is 0 Å². The van der Waals surface area contributed by atoms with E-state index in [1.165, 1.54) is 5.56 Å². The van der Waals surface area contributed by atoms with Crippen molar-refractivity contribution in [2.75, 3.05) is 6.61 Å². The van der Waals surface area contributed by atoms with Gasteiger partial charge in [-0.3, -0.25) is 0 Å². The normalized spacial score (nSPS) is 10.5. The molecule has 0 aliphatic heterocycles. The van der Waals surface area contributed by atoms with E-state index in [0.29, 0.717) is 6.54 Å². The molecule has 0 atom stereocenters. The van der Waals surface area contributed by atoms with Crippen molar-refractivity contribution < 1.29 is 5.11 Å². The van der Waals surface area contributed by atoms with Gasteiger partial charge in [-0.2, -0.15) is 0 Å². The van der Waals surface area contributed by atoms with Gasteiger partial charge in [-0.25, -0.2) is 4.98 Å². The Morgan fingerprint density at radius 1 is 1.20 bits per heavy atom. The molecule has 78 valence electrons. The van der Waals surface area contributed by atoms with Crippen LogP contribution in [0.15, 0.2) is 42.9 Å². The van der Waals surface area contributed by atoms with Crippen LogP contribution in [0.1, 0.15) is 11.3 Å². The summed E-state index contributed by atoms with van der Waals surface area (Å²) in [5, 5.41) is 8.88. The van der Waals surface area contributed by atoms with Gasteiger partial charge in [0.25, 0.3) is 0 Å². The van der Waals surface area contributed by atoms with Crippen LogP contribution in [-0.4, -0.2) is 21.3 Å². The third-order valence-electron chi connectivity index (χ3n) is 2.37. The Morgan fingerprint density at radius 2 is 2.00 bits per heavy atom. The fourth-order valence-electron chi connectivity index (χ4n) is 1.61. The molecular formula is C12H14N2O. The van der Waals surface area contributed by atoms with E-state index in [1.807, 2.05) is 29.0 Å². The summed E-state index contributed by atoms with van der Waals surface area (Å²) in [6, 6.07) is 10.3. The van der Waals surface area contributed by atoms with E-state index < -0.39 is 0 Å². The highest BCUT2D eigenvalue weighted by molar-refractivity contribution is 5.20. The van der Waals surface area contributed by atoms with Crippen molar-refractivity contribution in [3.63, 3.8) is 0 Å². The molecule has 0 spiro atoms. The average Bonchev–Trinajstić information content (AvgIpc) is 2.68. The summed E-state index contributed by atoms with van der Waals surface area (Å²) in [4.78, 5) is 4.09. The predicted molar refractivity (Wildman–Crippen MR) is 58.6 cm³/mol. The Hall–Kier alpha value is -1.61. The predicted octanol–water partition coefficient (Wildman–Crippen LogP) is 1.47. The average molecular weight is 202 g/mol. The van der Waals surface area contributed by atoms with E-state index in [-0.39, 0.29) is 6.61 Å². The number of aromatic nitrogens is 2. The number of aliphatic hydroxyl groups is 1. The number of rotatable bonds is 4. The van der Waals surface area contributed by atoms with Gasteiger partial charge < -0.3 is 9.67 Å². The van der Waals surface area contributed by atoms with Crippen LogP contribution in [0, 0.1) is 0 Å². The van der Waals surface area contributed by atoms with E-state index in [9.17, 15) is 0 Å². The third kappa shape index (κ3) is 2.44. The van der Waals surface area contributed by atoms with Crippen molar-refractivity contribution in [1.82, 2.24) is 9.55 Å². The molecule has 2 aromatic rings. The number of benzene rings is 1. The van der Waals surface area contributed by atoms with Crippen molar-refractivity contribution in [2.45, 2.75) is 13.0 Å². The van der Waals surface area contributed by atoms with Crippen molar-refractivity contribution in [2.24, 2.45) is 0 Å². The lowest BCUT2D eigenvalue weighted by Crippen LogP contribution is -2.05. The molecule has 15 heavy (non-hydrogen) atoms. The molecule has 1 aromatic heterocycles. The molecule has 1 N–H and O–H groups in total. The first kappa shape index (κ1) is 9.93. The van der Waals surface area contributed by atoms with E-state index in [4.69, 9.17) is 5.11 Å². The molecule has 0 saturated carbocycles. The second-order valence-corrected chi connectivity index (χ2v) is 3.46. The van der Waals surface area contributed by atoms with Gasteiger partial charge in [-0.1, -0.05) is 30.3 Å². The van der Waals surface area contributed by atoms with Gasteiger partial charge in [0.05, 0.1) is 12.9 Å². The zero-order valence-electron chi connectivity index (χ0n) is 8.50. The summed E-state index contributed by atoms with van der Waals surface area (Å²) < 4.78 is 1.98. The molecule has 0 aliphatic carbocycles. The van der Waals surface area contributed by atoms with Crippen molar-refractivity contribution in [3.05, 3.63) is 54.1 Å². The highest BCUT2D eigenvalue weighted by Gasteiger charge is 2.02. The molecule has 0 unspecified atom stereocenters. The van der Waals surface area contributed by atoms with Crippen LogP contribution in [0.3, 0.4) is 0 Å². The lowest BCUT2D eigenvalue weighted by molar-refractivity contribution is 0.274. The van der Waals surface area contributed by atoms with Crippen LogP contribution in [0.2, 0.25) is 0 Å². The summed E-state index contributed by atoms with van der Waals surface area (Å²) in [7, 11) is 0. The second kappa shape index (κ2) is 4.75. The Kier molecular flexibility index (Phi) is 3.15. The van der Waals surface area contributed by atoms with Crippen LogP contribution >= 0.6 is 0 Å². The highest BCUT2D eigenvalue weighted by Crippen LogP contribution is 2.08. The molecule has 0 radical (unpaired) electrons. The molecule has 0 amide bonds. The molecule has 0 fully saturated rings. The van der Waals surface area contributed by atoms with Crippen LogP contribution in [0.5, 0.6) is 0 Å². The minimum absolute atomic E-state index is 0.151. The van der Waals surface area contributed by atoms with Crippen LogP contribution in [0.4, 0.5) is 0 Å². The van der Waals surface area contributed by atoms with E-state index in [1.54, 1.807) is 6.33 Å². The SMILES string of the molecule is OCCn1cncc1Cc1ccccc1. The standard InChI is InChI=1S/C12H14N2O/c15-7-6-14-10-13-9-12(14)8-11-4-2-1-3-5-11/h1-5,9-10,15H,6-8H2. The van der Waals surface area contributed by atoms with E-state index in [2.05, 4.69) is 17.1 Å². The zero-order chi connectivity index (χ0) is 10.5. The summed E-state index contributed by atoms with van der Waals surface area (Å²) in [6.07, 6.45) is 4.47. The molecule has 3 nitrogen and oxygen atoms in total. The number of aliphatic hydroxyl groups excluding tert-OH is 1. The maximum absolute atomic E-state index is 8.88. The lowest BCUT2D eigenvalue weighted by Gasteiger charge is -2.05. The van der Waals surface area contributed by atoms with E-state index in [0.717, 1.165) is 12.1 Å². The summed E-state index contributed by atoms with van der Waals surface area (Å²) >= 11 is 0. The van der Waals surface area contributed by atoms with Gasteiger partial charge in [0.1, 0.15) is 0 Å². The van der Waals surface area contributed by atoms with Crippen molar-refractivity contribution in [3.8, 4) is 0 Å². The first-order valence-electron chi connectivity index (χ1n) is 5.04. The first-order chi connectivity index (χ1) is 7.40. The number of hydrogen-bond donors (Lipinski definition) is 1. The Labute approximate surface area is 89.0 Å². The molecule has 3 heteroatoms. The number of imidazole rings is 1. The monoisotopic (exact) mass is 202 g/mol. The van der Waals surface area contributed by atoms with Gasteiger partial charge in [-0.15, -0.1) is 0 Å². The second-order valence-electron chi connectivity index (χ2n) is 3.46. The smallest absolute Gasteiger partial charge is 0.0949 e. The molecule has 0 aliphatic rings. The fraction of sp³-hybridized carbons (Fsp3) is 0.250. The molecule has 1 aromatic carbocycles. The lowest BCUT2D eigenvalue weighted by atomic mass is 10.1. The Bertz CT molecular complexity index is 409. The molecule has 2 rings (SSSR count). The first-order valence-corrected chi connectivity index (χ1v) is 5.04. The molecule has 0 saturated heterocycles. The van der Waals surface area contributed by atoms with E-state index >= 15 is 0 Å². The van der Waals surface area contributed by atoms with Gasteiger partial charge in [0.2, 0.25) is 0 Å². The largest absolute Gasteiger partial charge is 0.395 e. The minimum atomic E-state index is 0.151. The maximum atomic E-state index is 8.88. The number of hydrogen-bond acceptors (Lipinski definition) is 2.